The van der Waals surface area contributed by atoms with Gasteiger partial charge in [-0.25, -0.2) is 0 Å². The molecule has 0 aliphatic carbocycles. The molecule has 158 valence electrons. The molecule has 3 rings (SSSR count). The van der Waals surface area contributed by atoms with Crippen molar-refractivity contribution in [2.24, 2.45) is 0 Å². The van der Waals surface area contributed by atoms with Crippen molar-refractivity contribution in [1.29, 1.82) is 0 Å². The average Bonchev–Trinajstić information content (AvgIpc) is 2.73. The quantitative estimate of drug-likeness (QED) is 0.142. The van der Waals surface area contributed by atoms with Crippen molar-refractivity contribution in [2.45, 2.75) is 33.6 Å². The third kappa shape index (κ3) is 6.40. The summed E-state index contributed by atoms with van der Waals surface area (Å²) in [6, 6.07) is 18.3. The molecule has 30 heavy (non-hydrogen) atoms. The van der Waals surface area contributed by atoms with Gasteiger partial charge in [0.1, 0.15) is 0 Å². The molecule has 0 atom stereocenters. The summed E-state index contributed by atoms with van der Waals surface area (Å²) >= 11 is 5.26. The van der Waals surface area contributed by atoms with E-state index in [9.17, 15) is 0 Å². The number of anilines is 2. The van der Waals surface area contributed by atoms with E-state index in [1.165, 1.54) is 26.4 Å². The number of nitrogens with zero attached hydrogens (tertiary/aromatic N) is 1. The van der Waals surface area contributed by atoms with Crippen LogP contribution in [0, 0.1) is 17.4 Å². The zero-order valence-electron chi connectivity index (χ0n) is 17.6. The number of aryl methyl sites for hydroxylation is 2. The summed E-state index contributed by atoms with van der Waals surface area (Å²) in [5.41, 5.74) is 4.09. The van der Waals surface area contributed by atoms with E-state index in [2.05, 4.69) is 60.7 Å². The topological polar surface area (TPSA) is 46.2 Å². The normalized spacial score (nSPS) is 10.6. The first-order valence-electron chi connectivity index (χ1n) is 10.1. The first-order chi connectivity index (χ1) is 14.6. The standard InChI is InChI=1S/C24H28IN3OS/c1-4-5-14-25-19-9-6-7-11-22(19)29-23-21(10-8-15-26-23)28-24(30)27-20-13-12-17(2)16-18(20)3/h6-13,15-16,25H,4-5,14H2,1-3H3,(H2,27,28,30). The Labute approximate surface area is 194 Å². The SMILES string of the molecule is CCCC[IH]c1ccccc1Oc1ncccc1NC(=S)Nc1ccc(C)cc1C. The fraction of sp³-hybridized carbons (Fsp3) is 0.250. The number of benzene rings is 2. The molecule has 2 aromatic carbocycles. The van der Waals surface area contributed by atoms with Gasteiger partial charge in [-0.3, -0.25) is 0 Å². The van der Waals surface area contributed by atoms with Gasteiger partial charge in [-0.15, -0.1) is 0 Å². The number of alkyl halides is 1. The van der Waals surface area contributed by atoms with Gasteiger partial charge in [0.25, 0.3) is 0 Å². The van der Waals surface area contributed by atoms with Gasteiger partial charge in [0, 0.05) is 0 Å². The van der Waals surface area contributed by atoms with Gasteiger partial charge in [0.05, 0.1) is 0 Å². The predicted octanol–water partition coefficient (Wildman–Crippen LogP) is 6.97. The van der Waals surface area contributed by atoms with Crippen LogP contribution in [-0.4, -0.2) is 14.5 Å². The summed E-state index contributed by atoms with van der Waals surface area (Å²) < 4.78 is 8.83. The van der Waals surface area contributed by atoms with E-state index in [1.54, 1.807) is 6.20 Å². The Bertz CT molecular complexity index is 1010. The molecule has 0 bridgehead atoms. The number of hydrogen-bond acceptors (Lipinski definition) is 3. The summed E-state index contributed by atoms with van der Waals surface area (Å²) in [7, 11) is 0. The molecule has 3 aromatic rings. The zero-order chi connectivity index (χ0) is 21.3. The molecule has 4 nitrogen and oxygen atoms in total. The number of aromatic nitrogens is 1. The molecule has 0 unspecified atom stereocenters. The molecule has 0 saturated carbocycles. The van der Waals surface area contributed by atoms with Crippen LogP contribution in [0.2, 0.25) is 0 Å². The van der Waals surface area contributed by atoms with Crippen molar-refractivity contribution in [2.75, 3.05) is 15.1 Å². The van der Waals surface area contributed by atoms with Crippen LogP contribution in [0.25, 0.3) is 0 Å². The van der Waals surface area contributed by atoms with Gasteiger partial charge in [0.2, 0.25) is 0 Å². The molecule has 0 aliphatic heterocycles. The molecule has 0 fully saturated rings. The van der Waals surface area contributed by atoms with Crippen molar-refractivity contribution in [1.82, 2.24) is 4.98 Å². The van der Waals surface area contributed by atoms with Gasteiger partial charge >= 0.3 is 189 Å². The number of rotatable bonds is 8. The molecule has 0 spiro atoms. The second-order valence-corrected chi connectivity index (χ2v) is 10.7. The molecule has 0 amide bonds. The van der Waals surface area contributed by atoms with E-state index in [0.717, 1.165) is 22.7 Å². The van der Waals surface area contributed by atoms with Crippen molar-refractivity contribution in [3.63, 3.8) is 0 Å². The van der Waals surface area contributed by atoms with Crippen molar-refractivity contribution in [3.05, 3.63) is 75.5 Å². The monoisotopic (exact) mass is 533 g/mol. The number of pyridine rings is 1. The van der Waals surface area contributed by atoms with Crippen LogP contribution in [0.4, 0.5) is 11.4 Å². The van der Waals surface area contributed by atoms with Crippen LogP contribution in [0.1, 0.15) is 30.9 Å². The maximum atomic E-state index is 6.23. The first kappa shape index (κ1) is 22.5. The van der Waals surface area contributed by atoms with Crippen LogP contribution in [0.5, 0.6) is 11.6 Å². The minimum atomic E-state index is -0.274. The van der Waals surface area contributed by atoms with Crippen LogP contribution in [0.15, 0.2) is 60.8 Å². The van der Waals surface area contributed by atoms with Crippen LogP contribution in [0.3, 0.4) is 0 Å². The maximum absolute atomic E-state index is 6.23. The number of nitrogens with one attached hydrogen (secondary N) is 2. The fourth-order valence-corrected chi connectivity index (χ4v) is 6.18. The summed E-state index contributed by atoms with van der Waals surface area (Å²) in [5.74, 6) is 1.42. The number of thiocarbonyl (C=S) groups is 1. The van der Waals surface area contributed by atoms with Crippen LogP contribution in [-0.2, 0) is 0 Å². The molecule has 2 N–H and O–H groups in total. The molecule has 0 radical (unpaired) electrons. The Hall–Kier alpha value is -2.19. The Morgan fingerprint density at radius 2 is 1.83 bits per heavy atom. The molecule has 1 heterocycles. The first-order valence-corrected chi connectivity index (χ1v) is 13.3. The Kier molecular flexibility index (Phi) is 8.45. The second kappa shape index (κ2) is 11.3. The van der Waals surface area contributed by atoms with E-state index >= 15 is 0 Å². The fourth-order valence-electron chi connectivity index (χ4n) is 2.88. The van der Waals surface area contributed by atoms with Gasteiger partial charge < -0.3 is 0 Å². The number of hydrogen-bond donors (Lipinski definition) is 2. The molecule has 1 aromatic heterocycles. The zero-order valence-corrected chi connectivity index (χ0v) is 20.7. The summed E-state index contributed by atoms with van der Waals surface area (Å²) in [6.07, 6.45) is 4.23. The Balaban J connectivity index is 1.73. The molecule has 6 heteroatoms. The van der Waals surface area contributed by atoms with Gasteiger partial charge in [-0.2, -0.15) is 0 Å². The number of unbranched alkanes of at least 4 members (excludes halogenated alkanes) is 1. The van der Waals surface area contributed by atoms with E-state index < -0.39 is 0 Å². The van der Waals surface area contributed by atoms with Gasteiger partial charge in [-0.05, 0) is 6.92 Å². The molecule has 0 aliphatic rings. The predicted molar refractivity (Wildman–Crippen MR) is 140 cm³/mol. The summed E-state index contributed by atoms with van der Waals surface area (Å²) in [6.45, 7) is 6.38. The number of halogens is 1. The van der Waals surface area contributed by atoms with Crippen molar-refractivity contribution >= 4 is 49.9 Å². The molecule has 0 saturated heterocycles. The summed E-state index contributed by atoms with van der Waals surface area (Å²) in [5, 5.41) is 7.01. The van der Waals surface area contributed by atoms with E-state index in [1.807, 2.05) is 30.3 Å². The Morgan fingerprint density at radius 1 is 1.03 bits per heavy atom. The molecular weight excluding hydrogens is 505 g/mol. The average molecular weight is 533 g/mol. The van der Waals surface area contributed by atoms with Crippen molar-refractivity contribution in [3.8, 4) is 11.6 Å². The van der Waals surface area contributed by atoms with E-state index in [4.69, 9.17) is 17.0 Å². The van der Waals surface area contributed by atoms with Gasteiger partial charge in [0.15, 0.2) is 0 Å². The van der Waals surface area contributed by atoms with Gasteiger partial charge in [-0.1, -0.05) is 0 Å². The second-order valence-electron chi connectivity index (χ2n) is 7.00. The van der Waals surface area contributed by atoms with Crippen molar-refractivity contribution < 1.29 is 4.74 Å². The van der Waals surface area contributed by atoms with E-state index in [0.29, 0.717) is 11.0 Å². The summed E-state index contributed by atoms with van der Waals surface area (Å²) in [4.78, 5) is 4.44. The third-order valence-corrected chi connectivity index (χ3v) is 7.92. The third-order valence-electron chi connectivity index (χ3n) is 4.46. The van der Waals surface area contributed by atoms with Crippen LogP contribution < -0.4 is 15.4 Å². The van der Waals surface area contributed by atoms with E-state index in [-0.39, 0.29) is 21.2 Å². The molecular formula is C24H28IN3OS. The number of para-hydroxylation sites is 1. The number of ether oxygens (including phenoxy) is 1. The van der Waals surface area contributed by atoms with Crippen LogP contribution >= 0.6 is 33.4 Å². The minimum absolute atomic E-state index is 0.274. The Morgan fingerprint density at radius 3 is 2.63 bits per heavy atom.